The van der Waals surface area contributed by atoms with Gasteiger partial charge in [0.05, 0.1) is 33.0 Å². The molecule has 0 saturated heterocycles. The average molecular weight is 570 g/mol. The average Bonchev–Trinajstić information content (AvgIpc) is 2.88. The molecule has 0 aliphatic heterocycles. The van der Waals surface area contributed by atoms with Crippen LogP contribution in [-0.2, 0) is 38.4 Å². The van der Waals surface area contributed by atoms with E-state index in [0.717, 1.165) is 24.2 Å². The van der Waals surface area contributed by atoms with Crippen LogP contribution in [0.5, 0.6) is 5.75 Å². The van der Waals surface area contributed by atoms with Crippen LogP contribution in [0.3, 0.4) is 0 Å². The zero-order chi connectivity index (χ0) is 27.9. The van der Waals surface area contributed by atoms with Crippen LogP contribution in [-0.4, -0.2) is 51.2 Å². The maximum absolute atomic E-state index is 13.6. The lowest BCUT2D eigenvalue weighted by Gasteiger charge is -2.25. The molecule has 212 valence electrons. The highest BCUT2D eigenvalue weighted by Crippen LogP contribution is 2.74. The van der Waals surface area contributed by atoms with Crippen molar-refractivity contribution in [3.63, 3.8) is 0 Å². The first-order chi connectivity index (χ1) is 18.3. The van der Waals surface area contributed by atoms with Crippen LogP contribution < -0.4 is 4.74 Å². The molecule has 2 aromatic rings. The highest BCUT2D eigenvalue weighted by molar-refractivity contribution is 7.79. The molecule has 0 amide bonds. The van der Waals surface area contributed by atoms with Crippen molar-refractivity contribution in [1.82, 2.24) is 4.98 Å². The Kier molecular flexibility index (Phi) is 14.5. The fourth-order valence-corrected chi connectivity index (χ4v) is 8.10. The van der Waals surface area contributed by atoms with E-state index in [0.29, 0.717) is 31.1 Å². The second kappa shape index (κ2) is 17.0. The smallest absolute Gasteiger partial charge is 0.369 e. The molecule has 0 radical (unpaired) electrons. The van der Waals surface area contributed by atoms with Crippen LogP contribution in [0, 0.1) is 6.92 Å². The van der Waals surface area contributed by atoms with Gasteiger partial charge in [0.2, 0.25) is 0 Å². The minimum Gasteiger partial charge on any atom is -0.491 e. The van der Waals surface area contributed by atoms with Crippen molar-refractivity contribution in [2.75, 3.05) is 46.2 Å². The molecule has 9 nitrogen and oxygen atoms in total. The first-order valence-corrected chi connectivity index (χ1v) is 16.1. The SMILES string of the molecule is CCOP(=O)(OCC)C(=Cc1ccc(OCCOCCCc2cccc(C)n2)cc1)P(=O)(OCC)OCC. The molecule has 0 saturated carbocycles. The fraction of sp³-hybridized carbons (Fsp3) is 0.519. The van der Waals surface area contributed by atoms with Gasteiger partial charge in [-0.2, -0.15) is 0 Å². The zero-order valence-electron chi connectivity index (χ0n) is 23.1. The number of pyridine rings is 1. The molecule has 0 fully saturated rings. The van der Waals surface area contributed by atoms with Gasteiger partial charge in [-0.1, -0.05) is 18.2 Å². The van der Waals surface area contributed by atoms with Crippen molar-refractivity contribution in [3.05, 3.63) is 64.5 Å². The summed E-state index contributed by atoms with van der Waals surface area (Å²) in [6, 6.07) is 13.1. The lowest BCUT2D eigenvalue weighted by molar-refractivity contribution is 0.0984. The largest absolute Gasteiger partial charge is 0.491 e. The predicted octanol–water partition coefficient (Wildman–Crippen LogP) is 7.25. The standard InChI is InChI=1S/C27H41NO8P2/c1-6-33-37(29,34-7-2)27(38(30,35-8-3)36-9-4)22-24-15-17-26(18-16-24)32-21-20-31-19-11-14-25-13-10-12-23(5)28-25/h10,12-13,15-18,22H,6-9,11,14,19-21H2,1-5H3. The van der Waals surface area contributed by atoms with Gasteiger partial charge in [-0.05, 0) is 83.4 Å². The summed E-state index contributed by atoms with van der Waals surface area (Å²) in [6.07, 6.45) is 3.26. The molecule has 2 rings (SSSR count). The zero-order valence-corrected chi connectivity index (χ0v) is 24.9. The Morgan fingerprint density at radius 3 is 1.89 bits per heavy atom. The van der Waals surface area contributed by atoms with Gasteiger partial charge in [0.1, 0.15) is 12.4 Å². The second-order valence-electron chi connectivity index (χ2n) is 8.07. The number of hydrogen-bond donors (Lipinski definition) is 0. The van der Waals surface area contributed by atoms with Crippen LogP contribution >= 0.6 is 15.2 Å². The van der Waals surface area contributed by atoms with E-state index in [1.807, 2.05) is 25.1 Å². The van der Waals surface area contributed by atoms with E-state index < -0.39 is 15.2 Å². The maximum atomic E-state index is 13.6. The summed E-state index contributed by atoms with van der Waals surface area (Å²) in [4.78, 5) is 4.49. The molecule has 0 N–H and O–H groups in total. The highest BCUT2D eigenvalue weighted by Gasteiger charge is 2.45. The lowest BCUT2D eigenvalue weighted by Crippen LogP contribution is -2.08. The Bertz CT molecular complexity index is 1040. The summed E-state index contributed by atoms with van der Waals surface area (Å²) in [5.74, 6) is 0.645. The summed E-state index contributed by atoms with van der Waals surface area (Å²) in [5, 5.41) is -0.125. The molecule has 1 aromatic heterocycles. The third-order valence-electron chi connectivity index (χ3n) is 5.10. The Morgan fingerprint density at radius 1 is 0.789 bits per heavy atom. The number of aryl methyl sites for hydroxylation is 2. The van der Waals surface area contributed by atoms with Crippen LogP contribution in [0.15, 0.2) is 47.5 Å². The normalized spacial score (nSPS) is 11.9. The van der Waals surface area contributed by atoms with E-state index in [-0.39, 0.29) is 31.5 Å². The summed E-state index contributed by atoms with van der Waals surface area (Å²) >= 11 is 0. The van der Waals surface area contributed by atoms with E-state index in [2.05, 4.69) is 4.98 Å². The molecule has 38 heavy (non-hydrogen) atoms. The van der Waals surface area contributed by atoms with Crippen LogP contribution in [0.25, 0.3) is 6.08 Å². The Morgan fingerprint density at radius 2 is 1.37 bits per heavy atom. The third kappa shape index (κ3) is 10.4. The molecule has 11 heteroatoms. The van der Waals surface area contributed by atoms with Crippen molar-refractivity contribution in [2.24, 2.45) is 0 Å². The minimum atomic E-state index is -3.94. The molecular formula is C27H41NO8P2. The molecule has 0 bridgehead atoms. The van der Waals surface area contributed by atoms with E-state index in [9.17, 15) is 9.13 Å². The molecular weight excluding hydrogens is 528 g/mol. The van der Waals surface area contributed by atoms with Gasteiger partial charge in [-0.25, -0.2) is 0 Å². The van der Waals surface area contributed by atoms with Gasteiger partial charge >= 0.3 is 15.2 Å². The Hall–Kier alpha value is -1.83. The lowest BCUT2D eigenvalue weighted by atomic mass is 10.2. The van der Waals surface area contributed by atoms with E-state index in [4.69, 9.17) is 27.6 Å². The fourth-order valence-electron chi connectivity index (χ4n) is 3.55. The van der Waals surface area contributed by atoms with Gasteiger partial charge in [-0.15, -0.1) is 0 Å². The predicted molar refractivity (Wildman–Crippen MR) is 150 cm³/mol. The quantitative estimate of drug-likeness (QED) is 0.128. The molecule has 0 unspecified atom stereocenters. The number of benzene rings is 1. The molecule has 0 aliphatic carbocycles. The van der Waals surface area contributed by atoms with Crippen LogP contribution in [0.2, 0.25) is 0 Å². The second-order valence-corrected chi connectivity index (χ2v) is 12.4. The van der Waals surface area contributed by atoms with Crippen molar-refractivity contribution in [1.29, 1.82) is 0 Å². The van der Waals surface area contributed by atoms with Crippen LogP contribution in [0.1, 0.15) is 51.1 Å². The van der Waals surface area contributed by atoms with Gasteiger partial charge in [0, 0.05) is 18.0 Å². The van der Waals surface area contributed by atoms with Crippen molar-refractivity contribution in [3.8, 4) is 5.75 Å². The highest BCUT2D eigenvalue weighted by atomic mass is 31.2. The van der Waals surface area contributed by atoms with Crippen molar-refractivity contribution in [2.45, 2.75) is 47.5 Å². The number of rotatable bonds is 19. The summed E-state index contributed by atoms with van der Waals surface area (Å²) in [6.45, 7) is 10.6. The van der Waals surface area contributed by atoms with Gasteiger partial charge in [0.25, 0.3) is 0 Å². The Balaban J connectivity index is 2.01. The summed E-state index contributed by atoms with van der Waals surface area (Å²) in [5.41, 5.74) is 2.71. The minimum absolute atomic E-state index is 0.102. The molecule has 0 atom stereocenters. The van der Waals surface area contributed by atoms with E-state index in [1.54, 1.807) is 52.0 Å². The third-order valence-corrected chi connectivity index (χ3v) is 10.3. The monoisotopic (exact) mass is 569 g/mol. The van der Waals surface area contributed by atoms with E-state index >= 15 is 0 Å². The van der Waals surface area contributed by atoms with Gasteiger partial charge < -0.3 is 27.6 Å². The Labute approximate surface area is 226 Å². The summed E-state index contributed by atoms with van der Waals surface area (Å²) < 4.78 is 60.6. The van der Waals surface area contributed by atoms with Gasteiger partial charge in [-0.3, -0.25) is 14.1 Å². The molecule has 1 heterocycles. The molecule has 0 aliphatic rings. The van der Waals surface area contributed by atoms with Gasteiger partial charge in [0.15, 0.2) is 5.06 Å². The first-order valence-electron chi connectivity index (χ1n) is 13.0. The van der Waals surface area contributed by atoms with E-state index in [1.165, 1.54) is 6.08 Å². The number of nitrogens with zero attached hydrogens (tertiary/aromatic N) is 1. The topological polar surface area (TPSA) is 102 Å². The van der Waals surface area contributed by atoms with Crippen molar-refractivity contribution >= 4 is 21.3 Å². The van der Waals surface area contributed by atoms with Crippen molar-refractivity contribution < 1.29 is 36.7 Å². The van der Waals surface area contributed by atoms with Crippen LogP contribution in [0.4, 0.5) is 0 Å². The molecule has 0 spiro atoms. The maximum Gasteiger partial charge on any atom is 0.369 e. The first kappa shape index (κ1) is 32.4. The molecule has 1 aromatic carbocycles. The number of ether oxygens (including phenoxy) is 2. The number of hydrogen-bond acceptors (Lipinski definition) is 9. The number of aromatic nitrogens is 1. The summed E-state index contributed by atoms with van der Waals surface area (Å²) in [7, 11) is -7.89.